The molecular weight excluding hydrogens is 350 g/mol. The Morgan fingerprint density at radius 2 is 1.82 bits per heavy atom. The normalized spacial score (nSPS) is 14.9. The van der Waals surface area contributed by atoms with Crippen molar-refractivity contribution in [2.75, 3.05) is 13.7 Å². The van der Waals surface area contributed by atoms with Crippen molar-refractivity contribution in [2.45, 2.75) is 57.9 Å². The molecule has 4 nitrogen and oxygen atoms in total. The molecule has 0 aromatic heterocycles. The van der Waals surface area contributed by atoms with Crippen molar-refractivity contribution in [1.29, 1.82) is 0 Å². The van der Waals surface area contributed by atoms with Crippen LogP contribution in [0.3, 0.4) is 0 Å². The lowest BCUT2D eigenvalue weighted by Crippen LogP contribution is -2.34. The van der Waals surface area contributed by atoms with Gasteiger partial charge in [-0.1, -0.05) is 55.5 Å². The Kier molecular flexibility index (Phi) is 7.35. The van der Waals surface area contributed by atoms with Gasteiger partial charge in [0.25, 0.3) is 5.91 Å². The van der Waals surface area contributed by atoms with Gasteiger partial charge in [-0.2, -0.15) is 0 Å². The van der Waals surface area contributed by atoms with Gasteiger partial charge < -0.3 is 14.8 Å². The zero-order valence-electron chi connectivity index (χ0n) is 17.0. The SMILES string of the molecule is COc1ccc(C(=O)NC2CCCCCC2)cc1OCCc1cccc(C)c1. The molecule has 1 amide bonds. The summed E-state index contributed by atoms with van der Waals surface area (Å²) in [5.41, 5.74) is 3.10. The second-order valence-electron chi connectivity index (χ2n) is 7.62. The molecule has 4 heteroatoms. The molecule has 0 bridgehead atoms. The van der Waals surface area contributed by atoms with Gasteiger partial charge in [-0.25, -0.2) is 0 Å². The summed E-state index contributed by atoms with van der Waals surface area (Å²) in [6.45, 7) is 2.62. The Bertz CT molecular complexity index is 779. The standard InChI is InChI=1S/C24H31NO3/c1-18-8-7-9-19(16-18)14-15-28-23-17-20(12-13-22(23)27-2)24(26)25-21-10-5-3-4-6-11-21/h7-9,12-13,16-17,21H,3-6,10-11,14-15H2,1-2H3,(H,25,26). The van der Waals surface area contributed by atoms with Crippen LogP contribution in [0.5, 0.6) is 11.5 Å². The van der Waals surface area contributed by atoms with Crippen molar-refractivity contribution in [3.05, 3.63) is 59.2 Å². The predicted molar refractivity (Wildman–Crippen MR) is 112 cm³/mol. The number of methoxy groups -OCH3 is 1. The van der Waals surface area contributed by atoms with E-state index in [4.69, 9.17) is 9.47 Å². The van der Waals surface area contributed by atoms with Crippen molar-refractivity contribution in [3.8, 4) is 11.5 Å². The number of aryl methyl sites for hydroxylation is 1. The summed E-state index contributed by atoms with van der Waals surface area (Å²) in [4.78, 5) is 12.7. The topological polar surface area (TPSA) is 47.6 Å². The third kappa shape index (κ3) is 5.75. The molecule has 0 saturated heterocycles. The first-order chi connectivity index (χ1) is 13.7. The summed E-state index contributed by atoms with van der Waals surface area (Å²) in [7, 11) is 1.62. The van der Waals surface area contributed by atoms with Crippen molar-refractivity contribution in [1.82, 2.24) is 5.32 Å². The molecule has 1 aliphatic rings. The average molecular weight is 382 g/mol. The summed E-state index contributed by atoms with van der Waals surface area (Å²) in [5, 5.41) is 3.19. The molecule has 1 fully saturated rings. The Morgan fingerprint density at radius 3 is 2.54 bits per heavy atom. The number of rotatable bonds is 7. The van der Waals surface area contributed by atoms with Crippen molar-refractivity contribution < 1.29 is 14.3 Å². The Labute approximate surface area is 168 Å². The van der Waals surface area contributed by atoms with Crippen LogP contribution in [0.25, 0.3) is 0 Å². The zero-order valence-corrected chi connectivity index (χ0v) is 17.0. The molecule has 1 N–H and O–H groups in total. The molecule has 1 saturated carbocycles. The van der Waals surface area contributed by atoms with Gasteiger partial charge in [0.2, 0.25) is 0 Å². The van der Waals surface area contributed by atoms with Crippen LogP contribution in [-0.4, -0.2) is 25.7 Å². The number of benzene rings is 2. The number of hydrogen-bond donors (Lipinski definition) is 1. The quantitative estimate of drug-likeness (QED) is 0.681. The third-order valence-corrected chi connectivity index (χ3v) is 5.35. The van der Waals surface area contributed by atoms with E-state index in [1.807, 2.05) is 6.07 Å². The van der Waals surface area contributed by atoms with E-state index in [2.05, 4.69) is 36.5 Å². The highest BCUT2D eigenvalue weighted by molar-refractivity contribution is 5.95. The van der Waals surface area contributed by atoms with E-state index >= 15 is 0 Å². The molecular formula is C24H31NO3. The molecule has 2 aromatic carbocycles. The van der Waals surface area contributed by atoms with E-state index in [0.29, 0.717) is 23.7 Å². The van der Waals surface area contributed by atoms with Crippen LogP contribution in [0.2, 0.25) is 0 Å². The number of nitrogens with one attached hydrogen (secondary N) is 1. The summed E-state index contributed by atoms with van der Waals surface area (Å²) in [5.74, 6) is 1.23. The highest BCUT2D eigenvalue weighted by Crippen LogP contribution is 2.28. The van der Waals surface area contributed by atoms with Crippen LogP contribution in [0, 0.1) is 6.92 Å². The van der Waals surface area contributed by atoms with E-state index in [0.717, 1.165) is 19.3 Å². The third-order valence-electron chi connectivity index (χ3n) is 5.35. The van der Waals surface area contributed by atoms with E-state index < -0.39 is 0 Å². The molecule has 0 heterocycles. The summed E-state index contributed by atoms with van der Waals surface area (Å²) in [6, 6.07) is 14.1. The minimum atomic E-state index is -0.0295. The van der Waals surface area contributed by atoms with Gasteiger partial charge in [0, 0.05) is 18.0 Å². The van der Waals surface area contributed by atoms with Crippen molar-refractivity contribution in [2.24, 2.45) is 0 Å². The van der Waals surface area contributed by atoms with Crippen LogP contribution in [-0.2, 0) is 6.42 Å². The van der Waals surface area contributed by atoms with Gasteiger partial charge >= 0.3 is 0 Å². The molecule has 28 heavy (non-hydrogen) atoms. The van der Waals surface area contributed by atoms with Crippen LogP contribution in [0.1, 0.15) is 60.0 Å². The van der Waals surface area contributed by atoms with Crippen molar-refractivity contribution >= 4 is 5.91 Å². The maximum atomic E-state index is 12.7. The fourth-order valence-electron chi connectivity index (χ4n) is 3.77. The fraction of sp³-hybridized carbons (Fsp3) is 0.458. The van der Waals surface area contributed by atoms with E-state index in [9.17, 15) is 4.79 Å². The lowest BCUT2D eigenvalue weighted by Gasteiger charge is -2.17. The van der Waals surface area contributed by atoms with Crippen LogP contribution in [0.4, 0.5) is 0 Å². The largest absolute Gasteiger partial charge is 0.493 e. The summed E-state index contributed by atoms with van der Waals surface area (Å²) >= 11 is 0. The van der Waals surface area contributed by atoms with Crippen molar-refractivity contribution in [3.63, 3.8) is 0 Å². The Hall–Kier alpha value is -2.49. The number of hydrogen-bond acceptors (Lipinski definition) is 3. The summed E-state index contributed by atoms with van der Waals surface area (Å²) in [6.07, 6.45) is 7.89. The maximum Gasteiger partial charge on any atom is 0.251 e. The number of ether oxygens (including phenoxy) is 2. The van der Waals surface area contributed by atoms with Gasteiger partial charge in [0.05, 0.1) is 13.7 Å². The van der Waals surface area contributed by atoms with Gasteiger partial charge in [-0.3, -0.25) is 4.79 Å². The summed E-state index contributed by atoms with van der Waals surface area (Å²) < 4.78 is 11.4. The first-order valence-electron chi connectivity index (χ1n) is 10.3. The van der Waals surface area contributed by atoms with Crippen LogP contribution < -0.4 is 14.8 Å². The number of carbonyl (C=O) groups is 1. The second-order valence-corrected chi connectivity index (χ2v) is 7.62. The number of amides is 1. The Morgan fingerprint density at radius 1 is 1.04 bits per heavy atom. The molecule has 150 valence electrons. The average Bonchev–Trinajstić information content (AvgIpc) is 2.96. The predicted octanol–water partition coefficient (Wildman–Crippen LogP) is 5.08. The van der Waals surface area contributed by atoms with Crippen LogP contribution in [0.15, 0.2) is 42.5 Å². The highest BCUT2D eigenvalue weighted by Gasteiger charge is 2.17. The molecule has 0 aliphatic heterocycles. The second kappa shape index (κ2) is 10.2. The van der Waals surface area contributed by atoms with E-state index in [1.54, 1.807) is 19.2 Å². The van der Waals surface area contributed by atoms with Gasteiger partial charge in [0.15, 0.2) is 11.5 Å². The van der Waals surface area contributed by atoms with Gasteiger partial charge in [-0.05, 0) is 43.5 Å². The lowest BCUT2D eigenvalue weighted by atomic mass is 10.1. The molecule has 0 radical (unpaired) electrons. The highest BCUT2D eigenvalue weighted by atomic mass is 16.5. The fourth-order valence-corrected chi connectivity index (χ4v) is 3.77. The molecule has 2 aromatic rings. The Balaban J connectivity index is 1.62. The number of carbonyl (C=O) groups excluding carboxylic acids is 1. The van der Waals surface area contributed by atoms with E-state index in [-0.39, 0.29) is 11.9 Å². The first kappa shape index (κ1) is 20.2. The first-order valence-corrected chi connectivity index (χ1v) is 10.3. The maximum absolute atomic E-state index is 12.7. The smallest absolute Gasteiger partial charge is 0.251 e. The minimum Gasteiger partial charge on any atom is -0.493 e. The monoisotopic (exact) mass is 381 g/mol. The molecule has 0 spiro atoms. The van der Waals surface area contributed by atoms with Gasteiger partial charge in [0.1, 0.15) is 0 Å². The molecule has 0 unspecified atom stereocenters. The molecule has 1 aliphatic carbocycles. The lowest BCUT2D eigenvalue weighted by molar-refractivity contribution is 0.0933. The molecule has 0 atom stereocenters. The molecule has 3 rings (SSSR count). The van der Waals surface area contributed by atoms with E-state index in [1.165, 1.54) is 36.8 Å². The van der Waals surface area contributed by atoms with Gasteiger partial charge in [-0.15, -0.1) is 0 Å². The zero-order chi connectivity index (χ0) is 19.8. The minimum absolute atomic E-state index is 0.0295. The van der Waals surface area contributed by atoms with Crippen LogP contribution >= 0.6 is 0 Å².